The van der Waals surface area contributed by atoms with Crippen LogP contribution < -0.4 is 5.32 Å². The molecule has 0 aromatic carbocycles. The highest BCUT2D eigenvalue weighted by Crippen LogP contribution is 2.21. The quantitative estimate of drug-likeness (QED) is 0.0417. The molecule has 0 fully saturated rings. The maximum absolute atomic E-state index is 12.5. The van der Waals surface area contributed by atoms with Crippen molar-refractivity contribution in [2.24, 2.45) is 0 Å². The van der Waals surface area contributed by atoms with E-state index in [1.165, 1.54) is 392 Å². The molecule has 84 heavy (non-hydrogen) atoms. The van der Waals surface area contributed by atoms with Crippen LogP contribution in [0.5, 0.6) is 0 Å². The number of ether oxygens (including phenoxy) is 1. The lowest BCUT2D eigenvalue weighted by atomic mass is 10.0. The summed E-state index contributed by atoms with van der Waals surface area (Å²) in [5.74, 6) is 0.00178. The van der Waals surface area contributed by atoms with E-state index in [9.17, 15) is 19.8 Å². The molecule has 2 atom stereocenters. The number of carbonyl (C=O) groups is 2. The van der Waals surface area contributed by atoms with Crippen LogP contribution in [0.2, 0.25) is 0 Å². The van der Waals surface area contributed by atoms with Gasteiger partial charge in [0.05, 0.1) is 25.4 Å². The van der Waals surface area contributed by atoms with Crippen LogP contribution in [0.4, 0.5) is 0 Å². The van der Waals surface area contributed by atoms with Gasteiger partial charge in [-0.15, -0.1) is 0 Å². The number of hydrogen-bond donors (Lipinski definition) is 3. The molecule has 0 radical (unpaired) electrons. The van der Waals surface area contributed by atoms with Crippen molar-refractivity contribution in [2.75, 3.05) is 13.2 Å². The highest BCUT2D eigenvalue weighted by atomic mass is 16.5. The Hall–Kier alpha value is -1.14. The number of carbonyl (C=O) groups excluding carboxylic acids is 2. The molecule has 0 aliphatic heterocycles. The van der Waals surface area contributed by atoms with Gasteiger partial charge in [0, 0.05) is 12.8 Å². The Labute approximate surface area is 527 Å². The van der Waals surface area contributed by atoms with E-state index in [1.54, 1.807) is 0 Å². The standard InChI is InChI=1S/C78H155NO5/c1-3-5-7-9-11-13-15-17-19-21-39-42-46-50-54-58-62-66-70-76(81)75(74-80)79-77(82)71-67-63-59-55-51-47-43-40-37-35-33-31-29-27-25-23-22-24-26-28-30-32-34-36-38-41-45-49-53-57-61-65-69-73-84-78(83)72-68-64-60-56-52-48-44-20-18-16-14-12-10-8-6-4-2/h75-76,80-81H,3-74H2,1-2H3,(H,79,82). The SMILES string of the molecule is CCCCCCCCCCCCCCCCCCCCC(O)C(CO)NC(=O)CCCCCCCCCCCCCCCCCCCCCCCCCCCCCCCCCCCOC(=O)CCCCCCCCCCCCCCCCCC. The van der Waals surface area contributed by atoms with E-state index in [0.29, 0.717) is 25.9 Å². The van der Waals surface area contributed by atoms with Gasteiger partial charge in [0.15, 0.2) is 0 Å². The molecule has 0 heterocycles. The fraction of sp³-hybridized carbons (Fsp3) is 0.974. The van der Waals surface area contributed by atoms with Gasteiger partial charge in [-0.3, -0.25) is 9.59 Å². The first-order valence-corrected chi connectivity index (χ1v) is 39.3. The van der Waals surface area contributed by atoms with Crippen LogP contribution in [0.15, 0.2) is 0 Å². The van der Waals surface area contributed by atoms with Crippen LogP contribution in [0.3, 0.4) is 0 Å². The molecule has 2 unspecified atom stereocenters. The molecule has 0 aliphatic rings. The third-order valence-electron chi connectivity index (χ3n) is 18.9. The van der Waals surface area contributed by atoms with Crippen LogP contribution in [0.1, 0.15) is 463 Å². The van der Waals surface area contributed by atoms with E-state index < -0.39 is 12.1 Å². The molecule has 0 bridgehead atoms. The Morgan fingerprint density at radius 2 is 0.488 bits per heavy atom. The van der Waals surface area contributed by atoms with E-state index in [1.807, 2.05) is 0 Å². The molecule has 0 saturated heterocycles. The van der Waals surface area contributed by atoms with Crippen LogP contribution in [0, 0.1) is 0 Å². The molecule has 0 rings (SSSR count). The molecule has 0 saturated carbocycles. The number of aliphatic hydroxyl groups is 2. The molecule has 0 aromatic rings. The van der Waals surface area contributed by atoms with Crippen molar-refractivity contribution >= 4 is 11.9 Å². The Kier molecular flexibility index (Phi) is 73.3. The number of esters is 1. The normalized spacial score (nSPS) is 12.4. The summed E-state index contributed by atoms with van der Waals surface area (Å²) >= 11 is 0. The van der Waals surface area contributed by atoms with E-state index in [0.717, 1.165) is 38.5 Å². The van der Waals surface area contributed by atoms with Crippen molar-refractivity contribution in [1.82, 2.24) is 5.32 Å². The number of nitrogens with one attached hydrogen (secondary N) is 1. The second kappa shape index (κ2) is 74.3. The second-order valence-corrected chi connectivity index (χ2v) is 27.4. The van der Waals surface area contributed by atoms with Crippen molar-refractivity contribution in [3.63, 3.8) is 0 Å². The fourth-order valence-electron chi connectivity index (χ4n) is 12.9. The van der Waals surface area contributed by atoms with Crippen LogP contribution in [0.25, 0.3) is 0 Å². The average molecular weight is 1190 g/mol. The monoisotopic (exact) mass is 1190 g/mol. The van der Waals surface area contributed by atoms with Crippen molar-refractivity contribution < 1.29 is 24.5 Å². The highest BCUT2D eigenvalue weighted by Gasteiger charge is 2.20. The Morgan fingerprint density at radius 1 is 0.286 bits per heavy atom. The summed E-state index contributed by atoms with van der Waals surface area (Å²) in [6.07, 6.45) is 91.9. The molecule has 0 spiro atoms. The number of hydrogen-bond acceptors (Lipinski definition) is 5. The van der Waals surface area contributed by atoms with Gasteiger partial charge in [-0.05, 0) is 25.7 Å². The third kappa shape index (κ3) is 70.0. The lowest BCUT2D eigenvalue weighted by molar-refractivity contribution is -0.143. The lowest BCUT2D eigenvalue weighted by Crippen LogP contribution is -2.45. The van der Waals surface area contributed by atoms with Crippen LogP contribution >= 0.6 is 0 Å². The summed E-state index contributed by atoms with van der Waals surface area (Å²) in [6.45, 7) is 5.02. The van der Waals surface area contributed by atoms with Gasteiger partial charge in [0.25, 0.3) is 0 Å². The zero-order valence-corrected chi connectivity index (χ0v) is 57.7. The predicted molar refractivity (Wildman–Crippen MR) is 371 cm³/mol. The van der Waals surface area contributed by atoms with Gasteiger partial charge in [0.2, 0.25) is 5.91 Å². The zero-order chi connectivity index (χ0) is 60.6. The minimum Gasteiger partial charge on any atom is -0.466 e. The summed E-state index contributed by atoms with van der Waals surface area (Å²) in [5.41, 5.74) is 0. The van der Waals surface area contributed by atoms with Gasteiger partial charge in [0.1, 0.15) is 0 Å². The third-order valence-corrected chi connectivity index (χ3v) is 18.9. The molecular weight excluding hydrogens is 1030 g/mol. The fourth-order valence-corrected chi connectivity index (χ4v) is 12.9. The van der Waals surface area contributed by atoms with Gasteiger partial charge in [-0.1, -0.05) is 425 Å². The average Bonchev–Trinajstić information content (AvgIpc) is 3.51. The van der Waals surface area contributed by atoms with E-state index >= 15 is 0 Å². The summed E-state index contributed by atoms with van der Waals surface area (Å²) in [5, 5.41) is 23.4. The first kappa shape index (κ1) is 82.9. The molecule has 0 aliphatic carbocycles. The molecule has 502 valence electrons. The zero-order valence-electron chi connectivity index (χ0n) is 57.7. The summed E-state index contributed by atoms with van der Waals surface area (Å²) in [7, 11) is 0. The van der Waals surface area contributed by atoms with Gasteiger partial charge < -0.3 is 20.3 Å². The Morgan fingerprint density at radius 3 is 0.726 bits per heavy atom. The maximum Gasteiger partial charge on any atom is 0.305 e. The number of aliphatic hydroxyl groups excluding tert-OH is 2. The smallest absolute Gasteiger partial charge is 0.305 e. The predicted octanol–water partition coefficient (Wildman–Crippen LogP) is 25.7. The summed E-state index contributed by atoms with van der Waals surface area (Å²) in [6, 6.07) is -0.537. The minimum atomic E-state index is -0.660. The Balaban J connectivity index is 3.30. The second-order valence-electron chi connectivity index (χ2n) is 27.4. The van der Waals surface area contributed by atoms with Gasteiger partial charge >= 0.3 is 5.97 Å². The molecule has 1 amide bonds. The highest BCUT2D eigenvalue weighted by molar-refractivity contribution is 5.76. The molecular formula is C78H155NO5. The van der Waals surface area contributed by atoms with Crippen LogP contribution in [-0.2, 0) is 14.3 Å². The van der Waals surface area contributed by atoms with Gasteiger partial charge in [-0.2, -0.15) is 0 Å². The summed E-state index contributed by atoms with van der Waals surface area (Å²) in [4.78, 5) is 24.6. The van der Waals surface area contributed by atoms with E-state index in [-0.39, 0.29) is 18.5 Å². The Bertz CT molecular complexity index is 1230. The molecule has 3 N–H and O–H groups in total. The maximum atomic E-state index is 12.5. The molecule has 6 nitrogen and oxygen atoms in total. The first-order chi connectivity index (χ1) is 41.5. The van der Waals surface area contributed by atoms with Crippen LogP contribution in [-0.4, -0.2) is 47.4 Å². The van der Waals surface area contributed by atoms with Crippen molar-refractivity contribution in [2.45, 2.75) is 475 Å². The number of rotatable bonds is 75. The largest absolute Gasteiger partial charge is 0.466 e. The topological polar surface area (TPSA) is 95.9 Å². The molecule has 0 aromatic heterocycles. The lowest BCUT2D eigenvalue weighted by Gasteiger charge is -2.22. The van der Waals surface area contributed by atoms with Crippen molar-refractivity contribution in [3.05, 3.63) is 0 Å². The van der Waals surface area contributed by atoms with Gasteiger partial charge in [-0.25, -0.2) is 0 Å². The minimum absolute atomic E-state index is 0.0249. The summed E-state index contributed by atoms with van der Waals surface area (Å²) < 4.78 is 5.51. The van der Waals surface area contributed by atoms with Crippen molar-refractivity contribution in [1.29, 1.82) is 0 Å². The first-order valence-electron chi connectivity index (χ1n) is 39.3. The molecule has 6 heteroatoms. The van der Waals surface area contributed by atoms with E-state index in [4.69, 9.17) is 4.74 Å². The van der Waals surface area contributed by atoms with Crippen molar-refractivity contribution in [3.8, 4) is 0 Å². The number of amides is 1. The van der Waals surface area contributed by atoms with E-state index in [2.05, 4.69) is 19.2 Å². The number of unbranched alkanes of at least 4 members (excludes halogenated alkanes) is 64.